The SMILES string of the molecule is CCOC(=O)[C@H]1C[C@](C)(O)C(=O)[C@@H]1C(C)C. The van der Waals surface area contributed by atoms with E-state index < -0.39 is 17.4 Å². The average Bonchev–Trinajstić information content (AvgIpc) is 2.39. The molecule has 16 heavy (non-hydrogen) atoms. The van der Waals surface area contributed by atoms with Crippen LogP contribution < -0.4 is 0 Å². The number of hydrogen-bond donors (Lipinski definition) is 1. The van der Waals surface area contributed by atoms with Gasteiger partial charge in [-0.25, -0.2) is 0 Å². The van der Waals surface area contributed by atoms with Gasteiger partial charge in [0, 0.05) is 5.92 Å². The van der Waals surface area contributed by atoms with Crippen LogP contribution in [-0.4, -0.2) is 29.1 Å². The summed E-state index contributed by atoms with van der Waals surface area (Å²) >= 11 is 0. The van der Waals surface area contributed by atoms with Crippen molar-refractivity contribution < 1.29 is 19.4 Å². The molecule has 0 aliphatic heterocycles. The Morgan fingerprint density at radius 3 is 2.62 bits per heavy atom. The van der Waals surface area contributed by atoms with Crippen molar-refractivity contribution in [3.8, 4) is 0 Å². The van der Waals surface area contributed by atoms with Gasteiger partial charge in [-0.1, -0.05) is 13.8 Å². The van der Waals surface area contributed by atoms with Crippen LogP contribution in [0, 0.1) is 17.8 Å². The van der Waals surface area contributed by atoms with Gasteiger partial charge in [-0.3, -0.25) is 9.59 Å². The van der Waals surface area contributed by atoms with Gasteiger partial charge in [0.2, 0.25) is 0 Å². The van der Waals surface area contributed by atoms with Gasteiger partial charge in [-0.2, -0.15) is 0 Å². The van der Waals surface area contributed by atoms with Gasteiger partial charge in [0.1, 0.15) is 5.60 Å². The molecule has 4 nitrogen and oxygen atoms in total. The smallest absolute Gasteiger partial charge is 0.309 e. The molecule has 1 aliphatic carbocycles. The van der Waals surface area contributed by atoms with E-state index in [-0.39, 0.29) is 24.1 Å². The van der Waals surface area contributed by atoms with E-state index in [2.05, 4.69) is 0 Å². The molecule has 0 aromatic rings. The maximum Gasteiger partial charge on any atom is 0.309 e. The number of ether oxygens (including phenoxy) is 1. The first-order chi connectivity index (χ1) is 7.31. The molecule has 0 aromatic carbocycles. The van der Waals surface area contributed by atoms with Crippen LogP contribution in [0.1, 0.15) is 34.1 Å². The molecule has 0 unspecified atom stereocenters. The highest BCUT2D eigenvalue weighted by atomic mass is 16.5. The summed E-state index contributed by atoms with van der Waals surface area (Å²) in [7, 11) is 0. The Kier molecular flexibility index (Phi) is 3.73. The highest BCUT2D eigenvalue weighted by Crippen LogP contribution is 2.40. The molecule has 1 aliphatic rings. The van der Waals surface area contributed by atoms with Crippen LogP contribution in [0.25, 0.3) is 0 Å². The van der Waals surface area contributed by atoms with Crippen molar-refractivity contribution >= 4 is 11.8 Å². The summed E-state index contributed by atoms with van der Waals surface area (Å²) < 4.78 is 4.95. The van der Waals surface area contributed by atoms with Crippen molar-refractivity contribution in [2.24, 2.45) is 17.8 Å². The van der Waals surface area contributed by atoms with E-state index in [9.17, 15) is 14.7 Å². The first-order valence-corrected chi connectivity index (χ1v) is 5.74. The van der Waals surface area contributed by atoms with Crippen LogP contribution in [0.3, 0.4) is 0 Å². The van der Waals surface area contributed by atoms with Crippen molar-refractivity contribution in [1.82, 2.24) is 0 Å². The Labute approximate surface area is 96.0 Å². The predicted molar refractivity (Wildman–Crippen MR) is 58.7 cm³/mol. The van der Waals surface area contributed by atoms with E-state index in [1.807, 2.05) is 13.8 Å². The number of rotatable bonds is 3. The molecular weight excluding hydrogens is 208 g/mol. The van der Waals surface area contributed by atoms with Gasteiger partial charge in [0.05, 0.1) is 12.5 Å². The highest BCUT2D eigenvalue weighted by Gasteiger charge is 2.53. The van der Waals surface area contributed by atoms with Crippen molar-refractivity contribution in [3.05, 3.63) is 0 Å². The molecule has 1 rings (SSSR count). The molecule has 1 N–H and O–H groups in total. The lowest BCUT2D eigenvalue weighted by molar-refractivity contribution is -0.151. The molecule has 0 radical (unpaired) electrons. The molecule has 0 amide bonds. The number of Topliss-reactive ketones (excluding diaryl/α,β-unsaturated/α-hetero) is 1. The van der Waals surface area contributed by atoms with E-state index in [1.54, 1.807) is 6.92 Å². The standard InChI is InChI=1S/C12H20O4/c1-5-16-11(14)8-6-12(4,15)10(13)9(8)7(2)3/h7-9,15H,5-6H2,1-4H3/t8-,9+,12-/m0/s1. The van der Waals surface area contributed by atoms with Crippen LogP contribution in [0.4, 0.5) is 0 Å². The first-order valence-electron chi connectivity index (χ1n) is 5.74. The second-order valence-electron chi connectivity index (χ2n) is 4.97. The number of esters is 1. The molecule has 1 saturated carbocycles. The van der Waals surface area contributed by atoms with E-state index >= 15 is 0 Å². The monoisotopic (exact) mass is 228 g/mol. The molecule has 0 heterocycles. The summed E-state index contributed by atoms with van der Waals surface area (Å²) in [4.78, 5) is 23.6. The van der Waals surface area contributed by atoms with Gasteiger partial charge < -0.3 is 9.84 Å². The minimum absolute atomic E-state index is 0.0379. The third-order valence-corrected chi connectivity index (χ3v) is 3.19. The molecule has 0 saturated heterocycles. The van der Waals surface area contributed by atoms with Crippen LogP contribution in [-0.2, 0) is 14.3 Å². The highest BCUT2D eigenvalue weighted by molar-refractivity contribution is 5.96. The molecular formula is C12H20O4. The molecule has 4 heteroatoms. The second-order valence-corrected chi connectivity index (χ2v) is 4.97. The quantitative estimate of drug-likeness (QED) is 0.736. The number of carbonyl (C=O) groups is 2. The molecule has 0 aromatic heterocycles. The summed E-state index contributed by atoms with van der Waals surface area (Å²) in [5, 5.41) is 9.91. The Balaban J connectivity index is 2.92. The molecule has 1 fully saturated rings. The normalized spacial score (nSPS) is 34.5. The number of hydrogen-bond acceptors (Lipinski definition) is 4. The summed E-state index contributed by atoms with van der Waals surface area (Å²) in [6, 6.07) is 0. The van der Waals surface area contributed by atoms with E-state index in [1.165, 1.54) is 6.92 Å². The van der Waals surface area contributed by atoms with Crippen molar-refractivity contribution in [1.29, 1.82) is 0 Å². The Bertz CT molecular complexity index is 293. The van der Waals surface area contributed by atoms with Crippen LogP contribution in [0.15, 0.2) is 0 Å². The molecule has 92 valence electrons. The largest absolute Gasteiger partial charge is 0.466 e. The summed E-state index contributed by atoms with van der Waals surface area (Å²) in [6.07, 6.45) is 0.174. The van der Waals surface area contributed by atoms with Gasteiger partial charge in [-0.15, -0.1) is 0 Å². The third-order valence-electron chi connectivity index (χ3n) is 3.19. The zero-order valence-electron chi connectivity index (χ0n) is 10.3. The summed E-state index contributed by atoms with van der Waals surface area (Å²) in [5.74, 6) is -1.49. The maximum absolute atomic E-state index is 11.9. The van der Waals surface area contributed by atoms with Crippen molar-refractivity contribution in [2.75, 3.05) is 6.61 Å². The van der Waals surface area contributed by atoms with Gasteiger partial charge in [-0.05, 0) is 26.2 Å². The van der Waals surface area contributed by atoms with E-state index in [0.29, 0.717) is 6.61 Å². The third kappa shape index (κ3) is 2.26. The fourth-order valence-electron chi connectivity index (χ4n) is 2.44. The van der Waals surface area contributed by atoms with Crippen LogP contribution >= 0.6 is 0 Å². The second kappa shape index (κ2) is 4.53. The Morgan fingerprint density at radius 2 is 2.19 bits per heavy atom. The zero-order chi connectivity index (χ0) is 12.5. The minimum Gasteiger partial charge on any atom is -0.466 e. The maximum atomic E-state index is 11.9. The van der Waals surface area contributed by atoms with Crippen molar-refractivity contribution in [3.63, 3.8) is 0 Å². The number of carbonyl (C=O) groups excluding carboxylic acids is 2. The Hall–Kier alpha value is -0.900. The fraction of sp³-hybridized carbons (Fsp3) is 0.833. The fourth-order valence-corrected chi connectivity index (χ4v) is 2.44. The molecule has 3 atom stereocenters. The summed E-state index contributed by atoms with van der Waals surface area (Å²) in [6.45, 7) is 7.28. The topological polar surface area (TPSA) is 63.6 Å². The number of ketones is 1. The van der Waals surface area contributed by atoms with Gasteiger partial charge in [0.15, 0.2) is 5.78 Å². The van der Waals surface area contributed by atoms with Crippen LogP contribution in [0.2, 0.25) is 0 Å². The molecule has 0 spiro atoms. The predicted octanol–water partition coefficient (Wildman–Crippen LogP) is 1.16. The Morgan fingerprint density at radius 1 is 1.62 bits per heavy atom. The lowest BCUT2D eigenvalue weighted by Crippen LogP contribution is -2.33. The van der Waals surface area contributed by atoms with Gasteiger partial charge in [0.25, 0.3) is 0 Å². The van der Waals surface area contributed by atoms with E-state index in [4.69, 9.17) is 4.74 Å². The molecule has 0 bridgehead atoms. The minimum atomic E-state index is -1.38. The lowest BCUT2D eigenvalue weighted by Gasteiger charge is -2.19. The average molecular weight is 228 g/mol. The lowest BCUT2D eigenvalue weighted by atomic mass is 9.85. The summed E-state index contributed by atoms with van der Waals surface area (Å²) in [5.41, 5.74) is -1.38. The first kappa shape index (κ1) is 13.2. The van der Waals surface area contributed by atoms with Crippen molar-refractivity contribution in [2.45, 2.75) is 39.7 Å². The zero-order valence-corrected chi connectivity index (χ0v) is 10.3. The van der Waals surface area contributed by atoms with Gasteiger partial charge >= 0.3 is 5.97 Å². The number of aliphatic hydroxyl groups is 1. The van der Waals surface area contributed by atoms with Crippen LogP contribution in [0.5, 0.6) is 0 Å². The van der Waals surface area contributed by atoms with E-state index in [0.717, 1.165) is 0 Å².